The molecule has 0 unspecified atom stereocenters. The van der Waals surface area contributed by atoms with Crippen molar-refractivity contribution >= 4 is 6.16 Å². The quantitative estimate of drug-likeness (QED) is 0.265. The number of nitrogens with two attached hydrogens (primary N) is 1. The number of quaternary nitrogens is 1. The number of rotatable bonds is 2. The first-order valence-corrected chi connectivity index (χ1v) is 2.64. The molecule has 0 aliphatic rings. The molecule has 0 saturated carbocycles. The van der Waals surface area contributed by atoms with Crippen molar-refractivity contribution in [3.05, 3.63) is 0 Å². The van der Waals surface area contributed by atoms with Crippen molar-refractivity contribution in [1.82, 2.24) is 0 Å². The fourth-order valence-corrected chi connectivity index (χ4v) is 0.274. The van der Waals surface area contributed by atoms with Gasteiger partial charge < -0.3 is 35.6 Å². The van der Waals surface area contributed by atoms with Gasteiger partial charge in [0.15, 0.2) is 6.54 Å². The van der Waals surface area contributed by atoms with Gasteiger partial charge in [-0.2, -0.15) is 0 Å². The zero-order valence-corrected chi connectivity index (χ0v) is 5.89. The SMILES string of the molecule is C[NH2+]CC(O)(O)O.O=C([O-])O. The van der Waals surface area contributed by atoms with Crippen LogP contribution in [0.15, 0.2) is 0 Å². The van der Waals surface area contributed by atoms with E-state index in [2.05, 4.69) is 0 Å². The van der Waals surface area contributed by atoms with E-state index in [4.69, 9.17) is 30.3 Å². The molecule has 7 heteroatoms. The van der Waals surface area contributed by atoms with E-state index in [0.29, 0.717) is 0 Å². The van der Waals surface area contributed by atoms with Crippen LogP contribution in [0.1, 0.15) is 0 Å². The molecule has 0 bridgehead atoms. The highest BCUT2D eigenvalue weighted by atomic mass is 16.7. The molecule has 0 atom stereocenters. The second-order valence-corrected chi connectivity index (χ2v) is 1.65. The van der Waals surface area contributed by atoms with Crippen LogP contribution in [-0.2, 0) is 0 Å². The summed E-state index contributed by atoms with van der Waals surface area (Å²) in [6.45, 7) is -0.118. The minimum atomic E-state index is -2.51. The zero-order chi connectivity index (χ0) is 9.49. The Bertz CT molecular complexity index is 104. The molecule has 0 aromatic carbocycles. The fraction of sp³-hybridized carbons (Fsp3) is 0.750. The summed E-state index contributed by atoms with van der Waals surface area (Å²) < 4.78 is 0. The van der Waals surface area contributed by atoms with Gasteiger partial charge in [0.1, 0.15) is 0 Å². The van der Waals surface area contributed by atoms with Gasteiger partial charge in [-0.05, 0) is 0 Å². The first kappa shape index (κ1) is 12.8. The maximum Gasteiger partial charge on any atom is 0.327 e. The van der Waals surface area contributed by atoms with Gasteiger partial charge in [-0.25, -0.2) is 0 Å². The van der Waals surface area contributed by atoms with Crippen molar-refractivity contribution in [3.8, 4) is 0 Å². The van der Waals surface area contributed by atoms with E-state index in [1.165, 1.54) is 5.32 Å². The molecule has 0 rings (SSSR count). The van der Waals surface area contributed by atoms with Crippen LogP contribution in [0.25, 0.3) is 0 Å². The van der Waals surface area contributed by atoms with Crippen molar-refractivity contribution in [1.29, 1.82) is 0 Å². The fourth-order valence-electron chi connectivity index (χ4n) is 0.274. The van der Waals surface area contributed by atoms with Gasteiger partial charge in [0.2, 0.25) is 6.16 Å². The predicted octanol–water partition coefficient (Wildman–Crippen LogP) is -4.30. The average Bonchev–Trinajstić information content (AvgIpc) is 1.58. The minimum absolute atomic E-state index is 0.118. The first-order chi connectivity index (χ1) is 4.79. The summed E-state index contributed by atoms with van der Waals surface area (Å²) in [5, 5.41) is 41.1. The van der Waals surface area contributed by atoms with E-state index in [0.717, 1.165) is 0 Å². The van der Waals surface area contributed by atoms with Crippen LogP contribution in [0, 0.1) is 0 Å². The maximum atomic E-state index is 8.44. The van der Waals surface area contributed by atoms with E-state index >= 15 is 0 Å². The number of carboxylic acid groups (broad SMARTS) is 2. The third kappa shape index (κ3) is 47.6. The molecule has 0 saturated heterocycles. The lowest BCUT2D eigenvalue weighted by molar-refractivity contribution is -0.664. The molecule has 11 heavy (non-hydrogen) atoms. The molecule has 0 spiro atoms. The van der Waals surface area contributed by atoms with Crippen LogP contribution in [0.4, 0.5) is 4.79 Å². The number of hydrogen-bond donors (Lipinski definition) is 5. The first-order valence-electron chi connectivity index (χ1n) is 2.64. The Hall–Kier alpha value is -0.890. The number of likely N-dealkylation sites (N-methyl/N-ethyl adjacent to an activating group) is 1. The molecule has 0 amide bonds. The Morgan fingerprint density at radius 2 is 1.82 bits per heavy atom. The van der Waals surface area contributed by atoms with Gasteiger partial charge in [0, 0.05) is 0 Å². The zero-order valence-electron chi connectivity index (χ0n) is 5.89. The Kier molecular flexibility index (Phi) is 6.80. The van der Waals surface area contributed by atoms with E-state index in [1.807, 2.05) is 0 Å². The van der Waals surface area contributed by atoms with Crippen LogP contribution in [0.3, 0.4) is 0 Å². The Labute approximate surface area is 62.5 Å². The van der Waals surface area contributed by atoms with Crippen LogP contribution in [-0.4, -0.2) is 46.1 Å². The summed E-state index contributed by atoms with van der Waals surface area (Å²) in [7, 11) is 1.62. The molecular formula is C4H11NO6. The summed E-state index contributed by atoms with van der Waals surface area (Å²) in [5.41, 5.74) is 0. The van der Waals surface area contributed by atoms with Gasteiger partial charge in [-0.1, -0.05) is 0 Å². The standard InChI is InChI=1S/C3H9NO3.CH2O3/c1-4-2-3(5,6)7;2-1(3)4/h4-7H,2H2,1H3;(H2,2,3,4). The predicted molar refractivity (Wildman–Crippen MR) is 30.1 cm³/mol. The molecule has 7 nitrogen and oxygen atoms in total. The van der Waals surface area contributed by atoms with Crippen molar-refractivity contribution in [2.24, 2.45) is 0 Å². The topological polar surface area (TPSA) is 138 Å². The van der Waals surface area contributed by atoms with Crippen LogP contribution >= 0.6 is 0 Å². The highest BCUT2D eigenvalue weighted by Gasteiger charge is 2.18. The van der Waals surface area contributed by atoms with Crippen molar-refractivity contribution in [3.63, 3.8) is 0 Å². The highest BCUT2D eigenvalue weighted by molar-refractivity contribution is 5.50. The normalized spacial score (nSPS) is 9.82. The molecule has 0 aromatic rings. The van der Waals surface area contributed by atoms with Gasteiger partial charge >= 0.3 is 5.97 Å². The molecule has 6 N–H and O–H groups in total. The van der Waals surface area contributed by atoms with Crippen molar-refractivity contribution < 1.29 is 35.6 Å². The Morgan fingerprint density at radius 3 is 1.82 bits per heavy atom. The monoisotopic (exact) mass is 169 g/mol. The van der Waals surface area contributed by atoms with Crippen LogP contribution in [0.5, 0.6) is 0 Å². The third-order valence-electron chi connectivity index (χ3n) is 0.478. The molecular weight excluding hydrogens is 158 g/mol. The number of hydrogen-bond acceptors (Lipinski definition) is 5. The molecule has 0 aromatic heterocycles. The summed E-state index contributed by atoms with van der Waals surface area (Å²) >= 11 is 0. The largest absolute Gasteiger partial charge is 0.565 e. The number of carbonyl (C=O) groups is 1. The van der Waals surface area contributed by atoms with E-state index in [-0.39, 0.29) is 6.54 Å². The molecule has 68 valence electrons. The molecule has 0 radical (unpaired) electrons. The van der Waals surface area contributed by atoms with Crippen molar-refractivity contribution in [2.75, 3.05) is 13.6 Å². The van der Waals surface area contributed by atoms with Crippen LogP contribution < -0.4 is 10.4 Å². The van der Waals surface area contributed by atoms with E-state index < -0.39 is 12.1 Å². The average molecular weight is 169 g/mol. The Morgan fingerprint density at radius 1 is 1.55 bits per heavy atom. The second-order valence-electron chi connectivity index (χ2n) is 1.65. The highest BCUT2D eigenvalue weighted by Crippen LogP contribution is 1.81. The third-order valence-corrected chi connectivity index (χ3v) is 0.478. The molecule has 0 fully saturated rings. The molecule has 0 aliphatic heterocycles. The van der Waals surface area contributed by atoms with Crippen molar-refractivity contribution in [2.45, 2.75) is 5.97 Å². The lowest BCUT2D eigenvalue weighted by Crippen LogP contribution is -2.84. The van der Waals surface area contributed by atoms with Gasteiger partial charge in [0.25, 0.3) is 0 Å². The second kappa shape index (κ2) is 5.86. The Balaban J connectivity index is 0. The van der Waals surface area contributed by atoms with E-state index in [9.17, 15) is 0 Å². The van der Waals surface area contributed by atoms with Gasteiger partial charge in [-0.15, -0.1) is 0 Å². The summed E-state index contributed by atoms with van der Waals surface area (Å²) in [6.07, 6.45) is -2.08. The summed E-state index contributed by atoms with van der Waals surface area (Å²) in [5.74, 6) is -2.51. The summed E-state index contributed by atoms with van der Waals surface area (Å²) in [6, 6.07) is 0. The van der Waals surface area contributed by atoms with Crippen LogP contribution in [0.2, 0.25) is 0 Å². The lowest BCUT2D eigenvalue weighted by Gasteiger charge is -2.08. The lowest BCUT2D eigenvalue weighted by atomic mass is 10.6. The van der Waals surface area contributed by atoms with Gasteiger partial charge in [0.05, 0.1) is 7.05 Å². The molecule has 0 aliphatic carbocycles. The smallest absolute Gasteiger partial charge is 0.327 e. The van der Waals surface area contributed by atoms with E-state index in [1.54, 1.807) is 7.05 Å². The number of aliphatic hydroxyl groups is 3. The summed E-state index contributed by atoms with van der Waals surface area (Å²) in [4.78, 5) is 8.44. The molecule has 0 heterocycles. The minimum Gasteiger partial charge on any atom is -0.565 e. The maximum absolute atomic E-state index is 8.44. The van der Waals surface area contributed by atoms with Gasteiger partial charge in [-0.3, -0.25) is 0 Å².